The van der Waals surface area contributed by atoms with Gasteiger partial charge < -0.3 is 20.3 Å². The number of carboxylic acids is 1. The van der Waals surface area contributed by atoms with Crippen LogP contribution in [0.25, 0.3) is 0 Å². The first kappa shape index (κ1) is 18.6. The maximum absolute atomic E-state index is 12.1. The van der Waals surface area contributed by atoms with Crippen molar-refractivity contribution in [1.82, 2.24) is 5.32 Å². The molecule has 7 heteroatoms. The Kier molecular flexibility index (Phi) is 6.71. The predicted octanol–water partition coefficient (Wildman–Crippen LogP) is 0.877. The van der Waals surface area contributed by atoms with Crippen molar-refractivity contribution in [3.63, 3.8) is 0 Å². The van der Waals surface area contributed by atoms with Crippen molar-refractivity contribution >= 4 is 17.8 Å². The molecular weight excluding hydrogens is 302 g/mol. The van der Waals surface area contributed by atoms with Gasteiger partial charge in [-0.1, -0.05) is 44.2 Å². The SMILES string of the molecule is CC(C)[C@@H](NC(=O)[C@H](O)c1ccccc1)C(=O)O[C@@H](C)C(=O)O. The number of aliphatic hydroxyl groups excluding tert-OH is 1. The van der Waals surface area contributed by atoms with Gasteiger partial charge in [0.2, 0.25) is 0 Å². The van der Waals surface area contributed by atoms with Crippen LogP contribution >= 0.6 is 0 Å². The summed E-state index contributed by atoms with van der Waals surface area (Å²) >= 11 is 0. The number of carboxylic acid groups (broad SMARTS) is 1. The molecule has 0 aliphatic heterocycles. The predicted molar refractivity (Wildman–Crippen MR) is 81.4 cm³/mol. The van der Waals surface area contributed by atoms with Crippen LogP contribution in [-0.4, -0.2) is 40.2 Å². The van der Waals surface area contributed by atoms with E-state index in [2.05, 4.69) is 5.32 Å². The summed E-state index contributed by atoms with van der Waals surface area (Å²) in [6.45, 7) is 4.57. The maximum Gasteiger partial charge on any atom is 0.344 e. The number of amides is 1. The van der Waals surface area contributed by atoms with Gasteiger partial charge >= 0.3 is 11.9 Å². The van der Waals surface area contributed by atoms with Gasteiger partial charge in [0.1, 0.15) is 6.04 Å². The number of hydrogen-bond acceptors (Lipinski definition) is 5. The van der Waals surface area contributed by atoms with Crippen LogP contribution in [0.1, 0.15) is 32.4 Å². The minimum atomic E-state index is -1.43. The van der Waals surface area contributed by atoms with Crippen LogP contribution < -0.4 is 5.32 Å². The molecular formula is C16H21NO6. The lowest BCUT2D eigenvalue weighted by atomic mass is 10.0. The Hall–Kier alpha value is -2.41. The van der Waals surface area contributed by atoms with Crippen molar-refractivity contribution in [3.05, 3.63) is 35.9 Å². The van der Waals surface area contributed by atoms with Gasteiger partial charge in [-0.3, -0.25) is 4.79 Å². The zero-order chi connectivity index (χ0) is 17.6. The Morgan fingerprint density at radius 3 is 2.13 bits per heavy atom. The summed E-state index contributed by atoms with van der Waals surface area (Å²) in [4.78, 5) is 34.8. The number of aliphatic hydroxyl groups is 1. The topological polar surface area (TPSA) is 113 Å². The highest BCUT2D eigenvalue weighted by molar-refractivity contribution is 5.88. The molecule has 0 aliphatic rings. The third-order valence-corrected chi connectivity index (χ3v) is 3.22. The number of hydrogen-bond donors (Lipinski definition) is 3. The lowest BCUT2D eigenvalue weighted by molar-refractivity contribution is -0.165. The molecule has 0 bridgehead atoms. The first-order chi connectivity index (χ1) is 10.7. The van der Waals surface area contributed by atoms with Crippen molar-refractivity contribution in [2.45, 2.75) is 39.0 Å². The Balaban J connectivity index is 2.77. The first-order valence-corrected chi connectivity index (χ1v) is 7.20. The Morgan fingerprint density at radius 2 is 1.65 bits per heavy atom. The molecule has 0 aliphatic carbocycles. The van der Waals surface area contributed by atoms with Gasteiger partial charge in [0, 0.05) is 0 Å². The summed E-state index contributed by atoms with van der Waals surface area (Å²) in [5.74, 6) is -3.23. The highest BCUT2D eigenvalue weighted by Gasteiger charge is 2.30. The van der Waals surface area contributed by atoms with Crippen LogP contribution in [0.5, 0.6) is 0 Å². The van der Waals surface area contributed by atoms with E-state index in [-0.39, 0.29) is 5.92 Å². The molecule has 3 N–H and O–H groups in total. The van der Waals surface area contributed by atoms with Gasteiger partial charge in [-0.2, -0.15) is 0 Å². The summed E-state index contributed by atoms with van der Waals surface area (Å²) in [6, 6.07) is 7.21. The van der Waals surface area contributed by atoms with Crippen LogP contribution in [0.3, 0.4) is 0 Å². The summed E-state index contributed by atoms with van der Waals surface area (Å²) in [5.41, 5.74) is 0.389. The van der Waals surface area contributed by atoms with E-state index in [1.54, 1.807) is 44.2 Å². The normalized spacial score (nSPS) is 14.7. The van der Waals surface area contributed by atoms with Crippen LogP contribution in [-0.2, 0) is 19.1 Å². The summed E-state index contributed by atoms with van der Waals surface area (Å²) in [5, 5.41) is 21.2. The van der Waals surface area contributed by atoms with Gasteiger partial charge in [-0.25, -0.2) is 9.59 Å². The Bertz CT molecular complexity index is 557. The lowest BCUT2D eigenvalue weighted by Crippen LogP contribution is -2.48. The monoisotopic (exact) mass is 323 g/mol. The van der Waals surface area contributed by atoms with Crippen LogP contribution in [0.2, 0.25) is 0 Å². The molecule has 3 atom stereocenters. The number of carbonyl (C=O) groups excluding carboxylic acids is 2. The molecule has 1 aromatic rings. The number of ether oxygens (including phenoxy) is 1. The largest absolute Gasteiger partial charge is 0.479 e. The van der Waals surface area contributed by atoms with Crippen molar-refractivity contribution in [2.24, 2.45) is 5.92 Å². The summed E-state index contributed by atoms with van der Waals surface area (Å²) < 4.78 is 4.79. The van der Waals surface area contributed by atoms with Gasteiger partial charge in [0.15, 0.2) is 12.2 Å². The van der Waals surface area contributed by atoms with Crippen molar-refractivity contribution in [2.75, 3.05) is 0 Å². The molecule has 0 saturated heterocycles. The molecule has 23 heavy (non-hydrogen) atoms. The van der Waals surface area contributed by atoms with Crippen LogP contribution in [0, 0.1) is 5.92 Å². The van der Waals surface area contributed by atoms with Gasteiger partial charge in [0.25, 0.3) is 5.91 Å². The molecule has 1 amide bonds. The van der Waals surface area contributed by atoms with E-state index in [1.807, 2.05) is 0 Å². The Labute approximate surface area is 134 Å². The molecule has 0 heterocycles. The fourth-order valence-electron chi connectivity index (χ4n) is 1.81. The number of nitrogens with one attached hydrogen (secondary N) is 1. The van der Waals surface area contributed by atoms with E-state index >= 15 is 0 Å². The van der Waals surface area contributed by atoms with Crippen LogP contribution in [0.15, 0.2) is 30.3 Å². The standard InChI is InChI=1S/C16H21NO6/c1-9(2)12(16(22)23-10(3)15(20)21)17-14(19)13(18)11-7-5-4-6-8-11/h4-10,12-13,18H,1-3H3,(H,17,19)(H,20,21)/t10-,12+,13+/m0/s1. The molecule has 0 aromatic heterocycles. The van der Waals surface area contributed by atoms with E-state index in [4.69, 9.17) is 9.84 Å². The average molecular weight is 323 g/mol. The number of esters is 1. The van der Waals surface area contributed by atoms with Gasteiger partial charge in [-0.15, -0.1) is 0 Å². The molecule has 126 valence electrons. The van der Waals surface area contributed by atoms with Gasteiger partial charge in [0.05, 0.1) is 0 Å². The smallest absolute Gasteiger partial charge is 0.344 e. The maximum atomic E-state index is 12.1. The van der Waals surface area contributed by atoms with Gasteiger partial charge in [-0.05, 0) is 18.4 Å². The third-order valence-electron chi connectivity index (χ3n) is 3.22. The minimum absolute atomic E-state index is 0.338. The highest BCUT2D eigenvalue weighted by atomic mass is 16.6. The van der Waals surface area contributed by atoms with E-state index < -0.39 is 36.1 Å². The summed E-state index contributed by atoms with van der Waals surface area (Å²) in [6.07, 6.45) is -2.75. The average Bonchev–Trinajstić information content (AvgIpc) is 2.51. The molecule has 0 saturated carbocycles. The second-order valence-corrected chi connectivity index (χ2v) is 5.46. The number of benzene rings is 1. The number of aliphatic carboxylic acids is 1. The first-order valence-electron chi connectivity index (χ1n) is 7.20. The fourth-order valence-corrected chi connectivity index (χ4v) is 1.81. The summed E-state index contributed by atoms with van der Waals surface area (Å²) in [7, 11) is 0. The molecule has 0 fully saturated rings. The minimum Gasteiger partial charge on any atom is -0.479 e. The number of carbonyl (C=O) groups is 3. The lowest BCUT2D eigenvalue weighted by Gasteiger charge is -2.23. The van der Waals surface area contributed by atoms with E-state index in [1.165, 1.54) is 6.92 Å². The van der Waals surface area contributed by atoms with E-state index in [0.717, 1.165) is 0 Å². The zero-order valence-corrected chi connectivity index (χ0v) is 13.2. The molecule has 7 nitrogen and oxygen atoms in total. The molecule has 0 radical (unpaired) electrons. The highest BCUT2D eigenvalue weighted by Crippen LogP contribution is 2.14. The molecule has 1 aromatic carbocycles. The molecule has 0 unspecified atom stereocenters. The van der Waals surface area contributed by atoms with E-state index in [0.29, 0.717) is 5.56 Å². The molecule has 0 spiro atoms. The van der Waals surface area contributed by atoms with Crippen molar-refractivity contribution in [1.29, 1.82) is 0 Å². The number of rotatable bonds is 7. The van der Waals surface area contributed by atoms with Crippen molar-refractivity contribution < 1.29 is 29.3 Å². The second-order valence-electron chi connectivity index (χ2n) is 5.46. The zero-order valence-electron chi connectivity index (χ0n) is 13.2. The Morgan fingerprint density at radius 1 is 1.09 bits per heavy atom. The third kappa shape index (κ3) is 5.37. The quantitative estimate of drug-likeness (QED) is 0.642. The van der Waals surface area contributed by atoms with E-state index in [9.17, 15) is 19.5 Å². The second kappa shape index (κ2) is 8.28. The fraction of sp³-hybridized carbons (Fsp3) is 0.438. The van der Waals surface area contributed by atoms with Crippen LogP contribution in [0.4, 0.5) is 0 Å². The molecule has 1 rings (SSSR count). The van der Waals surface area contributed by atoms with Crippen molar-refractivity contribution in [3.8, 4) is 0 Å².